The van der Waals surface area contributed by atoms with E-state index >= 15 is 0 Å². The smallest absolute Gasteiger partial charge is 0.347 e. The van der Waals surface area contributed by atoms with E-state index in [0.717, 1.165) is 46.3 Å². The topological polar surface area (TPSA) is 278 Å². The molecule has 60 heavy (non-hydrogen) atoms. The highest BCUT2D eigenvalue weighted by Crippen LogP contribution is 2.27. The molecular weight excluding hydrogens is 824 g/mol. The van der Waals surface area contributed by atoms with Gasteiger partial charge in [0, 0.05) is 32.5 Å². The Kier molecular flexibility index (Phi) is 20.0. The van der Waals surface area contributed by atoms with Gasteiger partial charge in [-0.05, 0) is 55.4 Å². The van der Waals surface area contributed by atoms with Crippen molar-refractivity contribution in [3.63, 3.8) is 0 Å². The van der Waals surface area contributed by atoms with Crippen molar-refractivity contribution in [1.82, 2.24) is 13.6 Å². The van der Waals surface area contributed by atoms with E-state index in [2.05, 4.69) is 13.5 Å². The predicted octanol–water partition coefficient (Wildman–Crippen LogP) is 0.0771. The highest BCUT2D eigenvalue weighted by Gasteiger charge is 2.34. The second-order valence-corrected chi connectivity index (χ2v) is 14.6. The number of morpholine rings is 1. The number of hydrogen-bond donors (Lipinski definition) is 0. The minimum absolute atomic E-state index is 0.128. The zero-order valence-corrected chi connectivity index (χ0v) is 35.9. The highest BCUT2D eigenvalue weighted by molar-refractivity contribution is 6.99. The van der Waals surface area contributed by atoms with Gasteiger partial charge in [-0.2, -0.15) is 4.37 Å². The summed E-state index contributed by atoms with van der Waals surface area (Å²) >= 11 is 0.887. The van der Waals surface area contributed by atoms with Crippen LogP contribution in [0.5, 0.6) is 5.88 Å². The minimum atomic E-state index is -1.59. The van der Waals surface area contributed by atoms with E-state index in [1.165, 1.54) is 18.7 Å². The Hall–Kier alpha value is -5.65. The summed E-state index contributed by atoms with van der Waals surface area (Å²) in [6, 6.07) is 0. The van der Waals surface area contributed by atoms with Crippen LogP contribution >= 0.6 is 11.7 Å². The molecule has 2 heterocycles. The summed E-state index contributed by atoms with van der Waals surface area (Å²) in [6.07, 6.45) is -8.51. The molecule has 1 aliphatic rings. The van der Waals surface area contributed by atoms with E-state index in [1.54, 1.807) is 20.8 Å². The van der Waals surface area contributed by atoms with Crippen LogP contribution < -0.4 is 9.64 Å². The van der Waals surface area contributed by atoms with E-state index in [-0.39, 0.29) is 19.0 Å². The van der Waals surface area contributed by atoms with Gasteiger partial charge in [0.2, 0.25) is 5.82 Å². The summed E-state index contributed by atoms with van der Waals surface area (Å²) in [5, 5.41) is 0. The van der Waals surface area contributed by atoms with Crippen molar-refractivity contribution in [2.45, 2.75) is 111 Å². The standard InChI is InChI=1S/C36H52N4O19S/c1-19(54-24(6)41)31(45)53-18-28(44)59-26(16-51-30-29(37-60-38-30)39-11-13-50-14-12-39)15-40(36(8,9)10)27(43)17-52-32(46)20(2)56-34(48)22(4)58-35(49)23(5)57-33(47)21(3)55-25(7)42/h19-23,26H,11-18H2,1-10H3/t19?,20?,21?,22?,23?,26-/m0/s1. The van der Waals surface area contributed by atoms with Crippen molar-refractivity contribution in [2.24, 2.45) is 0 Å². The number of carbonyl (C=O) groups is 9. The molecule has 5 unspecified atom stereocenters. The van der Waals surface area contributed by atoms with Gasteiger partial charge in [0.05, 0.1) is 31.5 Å². The van der Waals surface area contributed by atoms with Crippen molar-refractivity contribution >= 4 is 71.2 Å². The molecule has 1 saturated heterocycles. The molecule has 1 fully saturated rings. The van der Waals surface area contributed by atoms with Crippen LogP contribution in [0.3, 0.4) is 0 Å². The van der Waals surface area contributed by atoms with E-state index in [1.807, 2.05) is 4.90 Å². The Morgan fingerprint density at radius 1 is 0.667 bits per heavy atom. The average Bonchev–Trinajstić information content (AvgIpc) is 3.64. The monoisotopic (exact) mass is 876 g/mol. The van der Waals surface area contributed by atoms with E-state index in [9.17, 15) is 43.2 Å². The summed E-state index contributed by atoms with van der Waals surface area (Å²) in [7, 11) is 0. The molecule has 6 atom stereocenters. The number of ether oxygens (including phenoxy) is 10. The van der Waals surface area contributed by atoms with Crippen LogP contribution in [0.2, 0.25) is 0 Å². The molecule has 0 spiro atoms. The lowest BCUT2D eigenvalue weighted by Crippen LogP contribution is -2.52. The van der Waals surface area contributed by atoms with Crippen LogP contribution in [0.25, 0.3) is 0 Å². The second-order valence-electron chi connectivity index (χ2n) is 14.0. The third-order valence-corrected chi connectivity index (χ3v) is 8.35. The number of aromatic nitrogens is 2. The number of carbonyl (C=O) groups excluding carboxylic acids is 9. The first-order valence-electron chi connectivity index (χ1n) is 18.6. The van der Waals surface area contributed by atoms with Gasteiger partial charge < -0.3 is 57.2 Å². The first-order valence-corrected chi connectivity index (χ1v) is 19.3. The fourth-order valence-electron chi connectivity index (χ4n) is 4.83. The van der Waals surface area contributed by atoms with Gasteiger partial charge in [-0.1, -0.05) is 0 Å². The van der Waals surface area contributed by atoms with Gasteiger partial charge in [-0.15, -0.1) is 4.37 Å². The lowest BCUT2D eigenvalue weighted by molar-refractivity contribution is -0.185. The SMILES string of the molecule is CC(=O)OC(C)C(=O)OCC(=O)O[C@H](COc1nsnc1N1CCOCC1)CN(C(=O)COC(=O)C(C)OC(=O)C(C)OC(=O)C(C)OC(=O)C(C)OC(C)=O)C(C)(C)C. The van der Waals surface area contributed by atoms with Gasteiger partial charge in [-0.3, -0.25) is 14.4 Å². The van der Waals surface area contributed by atoms with E-state index in [0.29, 0.717) is 32.1 Å². The van der Waals surface area contributed by atoms with Gasteiger partial charge in [0.15, 0.2) is 49.8 Å². The minimum Gasteiger partial charge on any atom is -0.470 e. The maximum absolute atomic E-state index is 13.6. The largest absolute Gasteiger partial charge is 0.470 e. The molecule has 24 heteroatoms. The van der Waals surface area contributed by atoms with Gasteiger partial charge in [0.1, 0.15) is 6.61 Å². The maximum atomic E-state index is 13.6. The molecule has 1 amide bonds. The third-order valence-electron chi connectivity index (χ3n) is 7.85. The molecular formula is C36H52N4O19S. The van der Waals surface area contributed by atoms with Crippen LogP contribution in [-0.4, -0.2) is 162 Å². The molecule has 336 valence electrons. The number of amides is 1. The third kappa shape index (κ3) is 17.3. The molecule has 1 aromatic heterocycles. The zero-order chi connectivity index (χ0) is 45.3. The summed E-state index contributed by atoms with van der Waals surface area (Å²) in [5.41, 5.74) is -0.984. The lowest BCUT2D eigenvalue weighted by atomic mass is 10.1. The summed E-state index contributed by atoms with van der Waals surface area (Å²) < 4.78 is 59.8. The molecule has 0 aromatic carbocycles. The van der Waals surface area contributed by atoms with Crippen molar-refractivity contribution in [3.05, 3.63) is 0 Å². The summed E-state index contributed by atoms with van der Waals surface area (Å²) in [4.78, 5) is 114. The van der Waals surface area contributed by atoms with Crippen molar-refractivity contribution in [2.75, 3.05) is 57.6 Å². The molecule has 0 radical (unpaired) electrons. The molecule has 1 aromatic rings. The van der Waals surface area contributed by atoms with Crippen LogP contribution in [0, 0.1) is 0 Å². The molecule has 0 saturated carbocycles. The molecule has 23 nitrogen and oxygen atoms in total. The van der Waals surface area contributed by atoms with Crippen LogP contribution in [-0.2, 0) is 85.8 Å². The normalized spacial score (nSPS) is 15.6. The van der Waals surface area contributed by atoms with Crippen molar-refractivity contribution in [1.29, 1.82) is 0 Å². The number of nitrogens with zero attached hydrogens (tertiary/aromatic N) is 4. The Labute approximate surface area is 349 Å². The molecule has 1 aliphatic heterocycles. The summed E-state index contributed by atoms with van der Waals surface area (Å²) in [6.45, 7) is 12.6. The zero-order valence-electron chi connectivity index (χ0n) is 35.1. The van der Waals surface area contributed by atoms with Gasteiger partial charge in [-0.25, -0.2) is 28.8 Å². The summed E-state index contributed by atoms with van der Waals surface area (Å²) in [5.74, 6) is -8.25. The number of anilines is 1. The van der Waals surface area contributed by atoms with Crippen LogP contribution in [0.4, 0.5) is 5.82 Å². The number of hydrogen-bond acceptors (Lipinski definition) is 23. The van der Waals surface area contributed by atoms with Crippen LogP contribution in [0.15, 0.2) is 0 Å². The second kappa shape index (κ2) is 23.8. The van der Waals surface area contributed by atoms with Gasteiger partial charge >= 0.3 is 47.8 Å². The fraction of sp³-hybridized carbons (Fsp3) is 0.694. The molecule has 0 N–H and O–H groups in total. The predicted molar refractivity (Wildman–Crippen MR) is 201 cm³/mol. The fourth-order valence-corrected chi connectivity index (χ4v) is 5.35. The first-order chi connectivity index (χ1) is 28.0. The average molecular weight is 877 g/mol. The van der Waals surface area contributed by atoms with Crippen molar-refractivity contribution < 1.29 is 90.5 Å². The highest BCUT2D eigenvalue weighted by atomic mass is 32.1. The molecule has 0 aliphatic carbocycles. The van der Waals surface area contributed by atoms with Crippen molar-refractivity contribution in [3.8, 4) is 5.88 Å². The Morgan fingerprint density at radius 2 is 1.12 bits per heavy atom. The van der Waals surface area contributed by atoms with Gasteiger partial charge in [0.25, 0.3) is 11.8 Å². The molecule has 2 rings (SSSR count). The molecule has 0 bridgehead atoms. The first kappa shape index (κ1) is 50.5. The van der Waals surface area contributed by atoms with E-state index in [4.69, 9.17) is 42.6 Å². The Morgan fingerprint density at radius 3 is 1.60 bits per heavy atom. The number of rotatable bonds is 21. The maximum Gasteiger partial charge on any atom is 0.347 e. The number of esters is 8. The van der Waals surface area contributed by atoms with Crippen LogP contribution in [0.1, 0.15) is 69.2 Å². The lowest BCUT2D eigenvalue weighted by Gasteiger charge is -2.37. The Bertz CT molecular complexity index is 1690. The Balaban J connectivity index is 2.08. The quantitative estimate of drug-likeness (QED) is 0.117. The van der Waals surface area contributed by atoms with E-state index < -0.39 is 109 Å².